The van der Waals surface area contributed by atoms with Gasteiger partial charge in [0.15, 0.2) is 0 Å². The van der Waals surface area contributed by atoms with Gasteiger partial charge >= 0.3 is 0 Å². The molecule has 0 aliphatic heterocycles. The zero-order valence-corrected chi connectivity index (χ0v) is 13.8. The molecular formula is C13H31NSi. The number of rotatable bonds is 8. The molecule has 0 aromatic heterocycles. The van der Waals surface area contributed by atoms with Gasteiger partial charge in [-0.25, -0.2) is 0 Å². The van der Waals surface area contributed by atoms with E-state index in [1.54, 1.807) is 0 Å². The van der Waals surface area contributed by atoms with E-state index in [0.29, 0.717) is 5.04 Å². The quantitative estimate of drug-likeness (QED) is 0.579. The molecule has 0 radical (unpaired) electrons. The number of hydrogen-bond donors (Lipinski definition) is 0. The van der Waals surface area contributed by atoms with Crippen LogP contribution >= 0.6 is 0 Å². The summed E-state index contributed by atoms with van der Waals surface area (Å²) in [4.78, 5) is 2.42. The highest BCUT2D eigenvalue weighted by atomic mass is 28.1. The van der Waals surface area contributed by atoms with E-state index in [9.17, 15) is 0 Å². The molecule has 15 heavy (non-hydrogen) atoms. The minimum atomic E-state index is 0.648. The van der Waals surface area contributed by atoms with Crippen LogP contribution in [0.2, 0.25) is 5.04 Å². The lowest BCUT2D eigenvalue weighted by molar-refractivity contribution is 0.216. The number of hydrogen-bond acceptors (Lipinski definition) is 1. The molecule has 0 spiro atoms. The molecule has 2 heteroatoms. The highest BCUT2D eigenvalue weighted by Gasteiger charge is 2.30. The van der Waals surface area contributed by atoms with E-state index in [0.717, 1.165) is 6.04 Å². The van der Waals surface area contributed by atoms with Crippen LogP contribution < -0.4 is 0 Å². The average Bonchev–Trinajstić information content (AvgIpc) is 2.22. The zero-order chi connectivity index (χ0) is 11.9. The van der Waals surface area contributed by atoms with Crippen LogP contribution in [0.3, 0.4) is 0 Å². The Morgan fingerprint density at radius 2 is 1.47 bits per heavy atom. The molecule has 0 aromatic rings. The molecule has 0 N–H and O–H groups in total. The van der Waals surface area contributed by atoms with Crippen molar-refractivity contribution in [3.05, 3.63) is 0 Å². The summed E-state index contributed by atoms with van der Waals surface area (Å²) in [6.45, 7) is 7.03. The van der Waals surface area contributed by atoms with Crippen molar-refractivity contribution in [3.63, 3.8) is 0 Å². The second-order valence-electron chi connectivity index (χ2n) is 5.50. The first-order valence-corrected chi connectivity index (χ1v) is 7.64. The summed E-state index contributed by atoms with van der Waals surface area (Å²) < 4.78 is 0. The fourth-order valence-corrected chi connectivity index (χ4v) is 3.55. The molecule has 0 aromatic carbocycles. The highest BCUT2D eigenvalue weighted by molar-refractivity contribution is 6.15. The van der Waals surface area contributed by atoms with Gasteiger partial charge < -0.3 is 4.90 Å². The van der Waals surface area contributed by atoms with Crippen LogP contribution in [-0.2, 0) is 0 Å². The molecular weight excluding hydrogens is 198 g/mol. The van der Waals surface area contributed by atoms with Crippen molar-refractivity contribution < 1.29 is 0 Å². The first-order valence-electron chi connectivity index (χ1n) is 6.64. The Bertz CT molecular complexity index is 149. The van der Waals surface area contributed by atoms with Crippen LogP contribution in [0.5, 0.6) is 0 Å². The monoisotopic (exact) mass is 229 g/mol. The van der Waals surface area contributed by atoms with Crippen molar-refractivity contribution in [1.82, 2.24) is 4.90 Å². The van der Waals surface area contributed by atoms with Crippen molar-refractivity contribution in [2.75, 3.05) is 14.1 Å². The predicted octanol–water partition coefficient (Wildman–Crippen LogP) is 2.84. The third-order valence-electron chi connectivity index (χ3n) is 3.99. The van der Waals surface area contributed by atoms with Crippen molar-refractivity contribution in [1.29, 1.82) is 0 Å². The van der Waals surface area contributed by atoms with Crippen molar-refractivity contribution in [2.24, 2.45) is 0 Å². The van der Waals surface area contributed by atoms with Crippen LogP contribution in [-0.4, -0.2) is 35.3 Å². The smallest absolute Gasteiger partial charge is 0.0126 e. The summed E-state index contributed by atoms with van der Waals surface area (Å²) in [5.41, 5.74) is 0. The molecule has 0 heterocycles. The van der Waals surface area contributed by atoms with E-state index in [4.69, 9.17) is 0 Å². The van der Waals surface area contributed by atoms with Gasteiger partial charge in [-0.1, -0.05) is 39.5 Å². The van der Waals surface area contributed by atoms with Crippen molar-refractivity contribution >= 4 is 10.2 Å². The topological polar surface area (TPSA) is 3.24 Å². The summed E-state index contributed by atoms with van der Waals surface area (Å²) in [5, 5.41) is 0.648. The van der Waals surface area contributed by atoms with E-state index in [1.165, 1.54) is 48.8 Å². The molecule has 0 amide bonds. The Labute approximate surface area is 100 Å². The number of unbranched alkanes of at least 4 members (excludes halogenated alkanes) is 2. The van der Waals surface area contributed by atoms with Crippen LogP contribution in [0, 0.1) is 0 Å². The Balaban J connectivity index is 4.37. The maximum atomic E-state index is 2.42. The molecule has 1 atom stereocenters. The third kappa shape index (κ3) is 5.16. The lowest BCUT2D eigenvalue weighted by Crippen LogP contribution is -2.38. The van der Waals surface area contributed by atoms with Crippen LogP contribution in [0.1, 0.15) is 59.3 Å². The lowest BCUT2D eigenvalue weighted by Gasteiger charge is -2.40. The van der Waals surface area contributed by atoms with E-state index >= 15 is 0 Å². The van der Waals surface area contributed by atoms with Crippen LogP contribution in [0.15, 0.2) is 0 Å². The van der Waals surface area contributed by atoms with Gasteiger partial charge in [-0.3, -0.25) is 0 Å². The van der Waals surface area contributed by atoms with Crippen LogP contribution in [0.4, 0.5) is 0 Å². The molecule has 0 saturated carbocycles. The second kappa shape index (κ2) is 7.45. The maximum absolute atomic E-state index is 2.42. The molecule has 1 unspecified atom stereocenters. The Morgan fingerprint density at radius 3 is 1.73 bits per heavy atom. The Morgan fingerprint density at radius 1 is 1.07 bits per heavy atom. The largest absolute Gasteiger partial charge is 0.306 e. The summed E-state index contributed by atoms with van der Waals surface area (Å²) >= 11 is 0. The SMILES string of the molecule is CCCCC([SiH3])(CCCC)C(C)N(C)C. The summed E-state index contributed by atoms with van der Waals surface area (Å²) in [5.74, 6) is 0. The standard InChI is InChI=1S/C13H31NSi/c1-6-8-10-13(15,11-9-7-2)12(3)14(4)5/h12H,6-11H2,1-5,15H3. The van der Waals surface area contributed by atoms with Gasteiger partial charge in [0.25, 0.3) is 0 Å². The molecule has 0 rings (SSSR count). The van der Waals surface area contributed by atoms with Crippen molar-refractivity contribution in [3.8, 4) is 0 Å². The second-order valence-corrected chi connectivity index (χ2v) is 7.49. The first-order chi connectivity index (χ1) is 6.98. The van der Waals surface area contributed by atoms with E-state index < -0.39 is 0 Å². The molecule has 0 aliphatic carbocycles. The van der Waals surface area contributed by atoms with Crippen molar-refractivity contribution in [2.45, 2.75) is 70.4 Å². The Hall–Kier alpha value is 0.177. The molecule has 0 saturated heterocycles. The third-order valence-corrected chi connectivity index (χ3v) is 5.82. The summed E-state index contributed by atoms with van der Waals surface area (Å²) in [6.07, 6.45) is 8.38. The normalized spacial score (nSPS) is 14.8. The van der Waals surface area contributed by atoms with Gasteiger partial charge in [-0.05, 0) is 38.9 Å². The fourth-order valence-electron chi connectivity index (χ4n) is 2.33. The van der Waals surface area contributed by atoms with Gasteiger partial charge in [-0.15, -0.1) is 0 Å². The molecule has 1 nitrogen and oxygen atoms in total. The van der Waals surface area contributed by atoms with Gasteiger partial charge in [0.05, 0.1) is 0 Å². The highest BCUT2D eigenvalue weighted by Crippen LogP contribution is 2.40. The van der Waals surface area contributed by atoms with E-state index in [2.05, 4.69) is 39.8 Å². The Kier molecular flexibility index (Phi) is 7.54. The molecule has 0 fully saturated rings. The molecule has 0 aliphatic rings. The minimum Gasteiger partial charge on any atom is -0.306 e. The van der Waals surface area contributed by atoms with E-state index in [1.807, 2.05) is 0 Å². The summed E-state index contributed by atoms with van der Waals surface area (Å²) in [7, 11) is 5.80. The zero-order valence-electron chi connectivity index (χ0n) is 11.8. The summed E-state index contributed by atoms with van der Waals surface area (Å²) in [6, 6.07) is 0.752. The van der Waals surface area contributed by atoms with E-state index in [-0.39, 0.29) is 0 Å². The molecule has 92 valence electrons. The predicted molar refractivity (Wildman–Crippen MR) is 74.8 cm³/mol. The maximum Gasteiger partial charge on any atom is 0.0126 e. The van der Waals surface area contributed by atoms with Gasteiger partial charge in [0.1, 0.15) is 0 Å². The lowest BCUT2D eigenvalue weighted by atomic mass is 9.88. The first kappa shape index (κ1) is 15.2. The van der Waals surface area contributed by atoms with Gasteiger partial charge in [-0.2, -0.15) is 0 Å². The van der Waals surface area contributed by atoms with Crippen LogP contribution in [0.25, 0.3) is 0 Å². The average molecular weight is 229 g/mol. The van der Waals surface area contributed by atoms with Gasteiger partial charge in [0, 0.05) is 16.3 Å². The molecule has 0 bridgehead atoms. The number of nitrogens with zero attached hydrogens (tertiary/aromatic N) is 1. The minimum absolute atomic E-state index is 0.648. The fraction of sp³-hybridized carbons (Fsp3) is 1.00. The van der Waals surface area contributed by atoms with Gasteiger partial charge in [0.2, 0.25) is 0 Å².